The van der Waals surface area contributed by atoms with Gasteiger partial charge in [-0.1, -0.05) is 31.0 Å². The first kappa shape index (κ1) is 19.4. The topological polar surface area (TPSA) is 59.4 Å². The van der Waals surface area contributed by atoms with Crippen LogP contribution in [0.5, 0.6) is 5.75 Å². The van der Waals surface area contributed by atoms with Crippen molar-refractivity contribution < 1.29 is 9.53 Å². The molecule has 1 N–H and O–H groups in total. The fourth-order valence-electron chi connectivity index (χ4n) is 3.74. The smallest absolute Gasteiger partial charge is 0.272 e. The van der Waals surface area contributed by atoms with Crippen molar-refractivity contribution in [3.63, 3.8) is 0 Å². The Labute approximate surface area is 161 Å². The summed E-state index contributed by atoms with van der Waals surface area (Å²) in [4.78, 5) is 14.8. The highest BCUT2D eigenvalue weighted by Crippen LogP contribution is 2.25. The number of carbonyl (C=O) groups excluding carboxylic acids is 1. The maximum Gasteiger partial charge on any atom is 0.272 e. The molecule has 0 bridgehead atoms. The van der Waals surface area contributed by atoms with Gasteiger partial charge in [0.25, 0.3) is 5.91 Å². The Morgan fingerprint density at radius 3 is 2.81 bits per heavy atom. The third-order valence-electron chi connectivity index (χ3n) is 5.14. The van der Waals surface area contributed by atoms with Crippen molar-refractivity contribution in [2.75, 3.05) is 20.6 Å². The zero-order valence-electron chi connectivity index (χ0n) is 16.5. The molecule has 2 unspecified atom stereocenters. The van der Waals surface area contributed by atoms with E-state index in [1.807, 2.05) is 31.2 Å². The predicted octanol–water partition coefficient (Wildman–Crippen LogP) is 3.08. The van der Waals surface area contributed by atoms with E-state index in [1.54, 1.807) is 16.9 Å². The monoisotopic (exact) mass is 370 g/mol. The zero-order chi connectivity index (χ0) is 19.2. The van der Waals surface area contributed by atoms with Gasteiger partial charge >= 0.3 is 0 Å². The van der Waals surface area contributed by atoms with Crippen LogP contribution in [-0.4, -0.2) is 47.3 Å². The van der Waals surface area contributed by atoms with Crippen molar-refractivity contribution in [2.45, 2.75) is 45.4 Å². The number of amides is 1. The molecular formula is C21H30N4O2. The van der Waals surface area contributed by atoms with Gasteiger partial charge in [0.05, 0.1) is 0 Å². The highest BCUT2D eigenvalue weighted by atomic mass is 16.5. The second kappa shape index (κ2) is 9.04. The first-order chi connectivity index (χ1) is 13.0. The van der Waals surface area contributed by atoms with Crippen molar-refractivity contribution in [3.05, 3.63) is 47.8 Å². The van der Waals surface area contributed by atoms with Gasteiger partial charge in [0.1, 0.15) is 11.4 Å². The van der Waals surface area contributed by atoms with Gasteiger partial charge in [0.15, 0.2) is 6.73 Å². The van der Waals surface area contributed by atoms with Crippen molar-refractivity contribution in [1.82, 2.24) is 20.0 Å². The highest BCUT2D eigenvalue weighted by Gasteiger charge is 2.27. The first-order valence-electron chi connectivity index (χ1n) is 9.70. The standard InChI is InChI=1S/C21H30N4O2/c1-16-8-4-7-11-20(16)27-15-25-13-12-19(23-25)21(26)22-18-10-6-5-9-17(18)14-24(2)3/h4,7-8,11-13,17-18H,5-6,9-10,14-15H2,1-3H3,(H,22,26). The van der Waals surface area contributed by atoms with E-state index in [4.69, 9.17) is 4.74 Å². The van der Waals surface area contributed by atoms with Gasteiger partial charge in [-0.25, -0.2) is 4.68 Å². The molecule has 0 aliphatic heterocycles. The molecule has 2 aromatic rings. The van der Waals surface area contributed by atoms with Crippen molar-refractivity contribution >= 4 is 5.91 Å². The Morgan fingerprint density at radius 2 is 2.04 bits per heavy atom. The van der Waals surface area contributed by atoms with Crippen molar-refractivity contribution in [2.24, 2.45) is 5.92 Å². The predicted molar refractivity (Wildman–Crippen MR) is 106 cm³/mol. The quantitative estimate of drug-likeness (QED) is 0.814. The van der Waals surface area contributed by atoms with Crippen LogP contribution in [0.1, 0.15) is 41.7 Å². The normalized spacial score (nSPS) is 19.9. The molecular weight excluding hydrogens is 340 g/mol. The minimum Gasteiger partial charge on any atom is -0.471 e. The van der Waals surface area contributed by atoms with Gasteiger partial charge in [-0.05, 0) is 57.5 Å². The van der Waals surface area contributed by atoms with E-state index in [0.29, 0.717) is 11.6 Å². The summed E-state index contributed by atoms with van der Waals surface area (Å²) in [5.74, 6) is 1.23. The SMILES string of the molecule is Cc1ccccc1OCn1ccc(C(=O)NC2CCCCC2CN(C)C)n1. The molecule has 1 aliphatic carbocycles. The van der Waals surface area contributed by atoms with Gasteiger partial charge in [0, 0.05) is 18.8 Å². The molecule has 1 aliphatic rings. The summed E-state index contributed by atoms with van der Waals surface area (Å²) >= 11 is 0. The van der Waals surface area contributed by atoms with E-state index in [-0.39, 0.29) is 18.7 Å². The maximum absolute atomic E-state index is 12.6. The maximum atomic E-state index is 12.6. The number of hydrogen-bond acceptors (Lipinski definition) is 4. The number of ether oxygens (including phenoxy) is 1. The molecule has 0 radical (unpaired) electrons. The van der Waals surface area contributed by atoms with Gasteiger partial charge in [-0.15, -0.1) is 0 Å². The Hall–Kier alpha value is -2.34. The molecule has 27 heavy (non-hydrogen) atoms. The first-order valence-corrected chi connectivity index (χ1v) is 9.70. The van der Waals surface area contributed by atoms with Crippen LogP contribution in [-0.2, 0) is 6.73 Å². The number of nitrogens with one attached hydrogen (secondary N) is 1. The van der Waals surface area contributed by atoms with Gasteiger partial charge in [-0.3, -0.25) is 4.79 Å². The number of benzene rings is 1. The largest absolute Gasteiger partial charge is 0.471 e. The number of aryl methyl sites for hydroxylation is 1. The minimum atomic E-state index is -0.0969. The second-order valence-corrected chi connectivity index (χ2v) is 7.67. The van der Waals surface area contributed by atoms with Crippen LogP contribution in [0.2, 0.25) is 0 Å². The number of rotatable bonds is 7. The van der Waals surface area contributed by atoms with Crippen LogP contribution in [0, 0.1) is 12.8 Å². The van der Waals surface area contributed by atoms with Crippen LogP contribution < -0.4 is 10.1 Å². The van der Waals surface area contributed by atoms with Gasteiger partial charge < -0.3 is 15.0 Å². The molecule has 2 atom stereocenters. The summed E-state index contributed by atoms with van der Waals surface area (Å²) < 4.78 is 7.44. The molecule has 1 saturated carbocycles. The Kier molecular flexibility index (Phi) is 6.50. The summed E-state index contributed by atoms with van der Waals surface area (Å²) in [5, 5.41) is 7.58. The molecule has 1 fully saturated rings. The van der Waals surface area contributed by atoms with Crippen LogP contribution in [0.15, 0.2) is 36.5 Å². The number of para-hydroxylation sites is 1. The lowest BCUT2D eigenvalue weighted by atomic mass is 9.84. The Balaban J connectivity index is 1.57. The number of carbonyl (C=O) groups is 1. The third-order valence-corrected chi connectivity index (χ3v) is 5.14. The fourth-order valence-corrected chi connectivity index (χ4v) is 3.74. The van der Waals surface area contributed by atoms with Crippen LogP contribution in [0.4, 0.5) is 0 Å². The lowest BCUT2D eigenvalue weighted by molar-refractivity contribution is 0.0888. The van der Waals surface area contributed by atoms with Crippen molar-refractivity contribution in [1.29, 1.82) is 0 Å². The second-order valence-electron chi connectivity index (χ2n) is 7.67. The molecule has 1 amide bonds. The molecule has 146 valence electrons. The number of nitrogens with zero attached hydrogens (tertiary/aromatic N) is 3. The summed E-state index contributed by atoms with van der Waals surface area (Å²) in [7, 11) is 4.17. The van der Waals surface area contributed by atoms with E-state index >= 15 is 0 Å². The van der Waals surface area contributed by atoms with E-state index < -0.39 is 0 Å². The minimum absolute atomic E-state index is 0.0969. The zero-order valence-corrected chi connectivity index (χ0v) is 16.5. The van der Waals surface area contributed by atoms with E-state index in [9.17, 15) is 4.79 Å². The lowest BCUT2D eigenvalue weighted by Crippen LogP contribution is -2.45. The van der Waals surface area contributed by atoms with Crippen LogP contribution in [0.3, 0.4) is 0 Å². The highest BCUT2D eigenvalue weighted by molar-refractivity contribution is 5.92. The Bertz CT molecular complexity index is 756. The summed E-state index contributed by atoms with van der Waals surface area (Å²) in [6.07, 6.45) is 6.41. The van der Waals surface area contributed by atoms with E-state index in [2.05, 4.69) is 29.4 Å². The fraction of sp³-hybridized carbons (Fsp3) is 0.524. The van der Waals surface area contributed by atoms with Crippen molar-refractivity contribution in [3.8, 4) is 5.75 Å². The van der Waals surface area contributed by atoms with E-state index in [1.165, 1.54) is 19.3 Å². The number of hydrogen-bond donors (Lipinski definition) is 1. The molecule has 1 aromatic heterocycles. The van der Waals surface area contributed by atoms with Crippen LogP contribution >= 0.6 is 0 Å². The third kappa shape index (κ3) is 5.32. The van der Waals surface area contributed by atoms with Crippen LogP contribution in [0.25, 0.3) is 0 Å². The average Bonchev–Trinajstić information content (AvgIpc) is 3.11. The van der Waals surface area contributed by atoms with Gasteiger partial charge in [0.2, 0.25) is 0 Å². The molecule has 0 spiro atoms. The molecule has 3 rings (SSSR count). The molecule has 6 nitrogen and oxygen atoms in total. The Morgan fingerprint density at radius 1 is 1.26 bits per heavy atom. The average molecular weight is 370 g/mol. The lowest BCUT2D eigenvalue weighted by Gasteiger charge is -2.33. The number of aromatic nitrogens is 2. The molecule has 1 aromatic carbocycles. The summed E-state index contributed by atoms with van der Waals surface area (Å²) in [6.45, 7) is 3.29. The summed E-state index contributed by atoms with van der Waals surface area (Å²) in [5.41, 5.74) is 1.52. The van der Waals surface area contributed by atoms with E-state index in [0.717, 1.165) is 24.3 Å². The molecule has 6 heteroatoms. The molecule has 0 saturated heterocycles. The summed E-state index contributed by atoms with van der Waals surface area (Å²) in [6, 6.07) is 9.83. The van der Waals surface area contributed by atoms with Gasteiger partial charge in [-0.2, -0.15) is 5.10 Å². The molecule has 1 heterocycles.